The Kier molecular flexibility index (Phi) is 5.59. The van der Waals surface area contributed by atoms with Crippen molar-refractivity contribution in [2.75, 3.05) is 6.16 Å². The van der Waals surface area contributed by atoms with Crippen LogP contribution in [0.1, 0.15) is 17.6 Å². The first-order valence-electron chi connectivity index (χ1n) is 10.1. The number of rotatable bonds is 6. The van der Waals surface area contributed by atoms with Crippen LogP contribution in [0.25, 0.3) is 0 Å². The molecule has 146 valence electrons. The van der Waals surface area contributed by atoms with Gasteiger partial charge < -0.3 is 0 Å². The Balaban J connectivity index is 2.21. The monoisotopic (exact) mass is 416 g/mol. The minimum absolute atomic E-state index is 0.167. The van der Waals surface area contributed by atoms with Crippen LogP contribution in [-0.2, 0) is 0 Å². The number of alkyl halides is 1. The standard InChI is InChI=1S/C27H26ClP/c1-2-29(24-17-9-4-10-18-24,25-19-11-5-12-20-25,26-21-13-6-14-22-26)27(28)23-15-7-3-8-16-23/h3-22,27H,2H2,1H3. The van der Waals surface area contributed by atoms with E-state index in [-0.39, 0.29) is 5.12 Å². The van der Waals surface area contributed by atoms with Gasteiger partial charge in [-0.3, -0.25) is 0 Å². The first kappa shape index (κ1) is 19.9. The molecule has 4 aromatic rings. The molecule has 0 aromatic heterocycles. The van der Waals surface area contributed by atoms with Gasteiger partial charge >= 0.3 is 179 Å². The summed E-state index contributed by atoms with van der Waals surface area (Å²) in [7, 11) is 0. The molecule has 0 bridgehead atoms. The van der Waals surface area contributed by atoms with Gasteiger partial charge in [-0.1, -0.05) is 0 Å². The molecule has 4 rings (SSSR count). The second-order valence-electron chi connectivity index (χ2n) is 7.45. The van der Waals surface area contributed by atoms with Gasteiger partial charge in [0.05, 0.1) is 0 Å². The molecule has 0 N–H and O–H groups in total. The number of benzene rings is 4. The summed E-state index contributed by atoms with van der Waals surface area (Å²) in [5, 5.41) is 3.84. The fourth-order valence-corrected chi connectivity index (χ4v) is 12.9. The van der Waals surface area contributed by atoms with Crippen molar-refractivity contribution in [3.8, 4) is 0 Å². The predicted molar refractivity (Wildman–Crippen MR) is 131 cm³/mol. The topological polar surface area (TPSA) is 0 Å². The Hall–Kier alpha value is -2.40. The summed E-state index contributed by atoms with van der Waals surface area (Å²) in [5.41, 5.74) is 1.17. The van der Waals surface area contributed by atoms with Gasteiger partial charge in [-0.05, 0) is 0 Å². The third kappa shape index (κ3) is 2.94. The molecular formula is C27H26ClP. The van der Waals surface area contributed by atoms with E-state index in [4.69, 9.17) is 11.6 Å². The Labute approximate surface area is 179 Å². The molecule has 0 spiro atoms. The zero-order chi connectivity index (χ0) is 20.2. The number of hydrogen-bond donors (Lipinski definition) is 0. The molecule has 0 saturated carbocycles. The van der Waals surface area contributed by atoms with Crippen LogP contribution in [0, 0.1) is 0 Å². The van der Waals surface area contributed by atoms with Crippen LogP contribution < -0.4 is 15.9 Å². The van der Waals surface area contributed by atoms with Gasteiger partial charge in [-0.25, -0.2) is 0 Å². The summed E-state index contributed by atoms with van der Waals surface area (Å²) in [5.74, 6) is 0. The van der Waals surface area contributed by atoms with Crippen LogP contribution in [0.2, 0.25) is 0 Å². The second kappa shape index (κ2) is 8.15. The average molecular weight is 417 g/mol. The fourth-order valence-electron chi connectivity index (χ4n) is 4.79. The number of halogens is 1. The van der Waals surface area contributed by atoms with Crippen LogP contribution in [0.15, 0.2) is 121 Å². The van der Waals surface area contributed by atoms with E-state index in [1.54, 1.807) is 0 Å². The molecule has 0 fully saturated rings. The summed E-state index contributed by atoms with van der Waals surface area (Å²) < 4.78 is 0. The first-order chi connectivity index (χ1) is 14.2. The third-order valence-corrected chi connectivity index (χ3v) is 14.9. The molecule has 0 heterocycles. The Morgan fingerprint density at radius 2 is 0.862 bits per heavy atom. The zero-order valence-electron chi connectivity index (χ0n) is 16.7. The van der Waals surface area contributed by atoms with E-state index in [1.165, 1.54) is 21.5 Å². The summed E-state index contributed by atoms with van der Waals surface area (Å²) in [6, 6.07) is 43.4. The molecule has 2 heteroatoms. The molecule has 0 amide bonds. The van der Waals surface area contributed by atoms with Gasteiger partial charge in [0.1, 0.15) is 0 Å². The van der Waals surface area contributed by atoms with Gasteiger partial charge in [0.2, 0.25) is 0 Å². The van der Waals surface area contributed by atoms with E-state index in [0.29, 0.717) is 0 Å². The Bertz CT molecular complexity index is 947. The number of hydrogen-bond acceptors (Lipinski definition) is 0. The summed E-state index contributed by atoms with van der Waals surface area (Å²) in [4.78, 5) is 0. The van der Waals surface area contributed by atoms with Gasteiger partial charge in [-0.2, -0.15) is 0 Å². The Morgan fingerprint density at radius 1 is 0.552 bits per heavy atom. The molecule has 0 radical (unpaired) electrons. The van der Waals surface area contributed by atoms with E-state index in [2.05, 4.69) is 128 Å². The van der Waals surface area contributed by atoms with Crippen LogP contribution >= 0.6 is 18.2 Å². The Morgan fingerprint density at radius 3 is 1.17 bits per heavy atom. The summed E-state index contributed by atoms with van der Waals surface area (Å²) in [6.07, 6.45) is 0.951. The quantitative estimate of drug-likeness (QED) is 0.249. The van der Waals surface area contributed by atoms with Gasteiger partial charge in [0, 0.05) is 0 Å². The van der Waals surface area contributed by atoms with Crippen molar-refractivity contribution in [3.05, 3.63) is 127 Å². The van der Waals surface area contributed by atoms with Crippen LogP contribution in [0.4, 0.5) is 0 Å². The predicted octanol–water partition coefficient (Wildman–Crippen LogP) is 6.47. The molecule has 4 aromatic carbocycles. The first-order valence-corrected chi connectivity index (χ1v) is 13.0. The summed E-state index contributed by atoms with van der Waals surface area (Å²) in [6.45, 7) is -0.739. The normalized spacial score (nSPS) is 13.9. The van der Waals surface area contributed by atoms with Crippen molar-refractivity contribution in [1.82, 2.24) is 0 Å². The van der Waals surface area contributed by atoms with Crippen LogP contribution in [-0.4, -0.2) is 6.16 Å². The van der Waals surface area contributed by atoms with E-state index < -0.39 is 6.60 Å². The maximum atomic E-state index is 7.65. The molecule has 0 aliphatic rings. The zero-order valence-corrected chi connectivity index (χ0v) is 18.3. The third-order valence-electron chi connectivity index (χ3n) is 6.27. The molecule has 0 aliphatic heterocycles. The van der Waals surface area contributed by atoms with Crippen molar-refractivity contribution in [1.29, 1.82) is 0 Å². The van der Waals surface area contributed by atoms with Gasteiger partial charge in [-0.15, -0.1) is 0 Å². The molecule has 1 unspecified atom stereocenters. The maximum absolute atomic E-state index is 7.65. The van der Waals surface area contributed by atoms with Crippen LogP contribution in [0.3, 0.4) is 0 Å². The molecular weight excluding hydrogens is 391 g/mol. The van der Waals surface area contributed by atoms with E-state index in [1.807, 2.05) is 0 Å². The van der Waals surface area contributed by atoms with E-state index in [0.717, 1.165) is 6.16 Å². The molecule has 0 nitrogen and oxygen atoms in total. The molecule has 0 aliphatic carbocycles. The van der Waals surface area contributed by atoms with Crippen molar-refractivity contribution < 1.29 is 0 Å². The van der Waals surface area contributed by atoms with Crippen molar-refractivity contribution in [2.45, 2.75) is 12.0 Å². The van der Waals surface area contributed by atoms with Crippen molar-refractivity contribution in [3.63, 3.8) is 0 Å². The fraction of sp³-hybridized carbons (Fsp3) is 0.111. The minimum atomic E-state index is -3.05. The second-order valence-corrected chi connectivity index (χ2v) is 13.6. The van der Waals surface area contributed by atoms with Crippen molar-refractivity contribution in [2.24, 2.45) is 0 Å². The van der Waals surface area contributed by atoms with Crippen LogP contribution in [0.5, 0.6) is 0 Å². The molecule has 29 heavy (non-hydrogen) atoms. The van der Waals surface area contributed by atoms with Gasteiger partial charge in [0.25, 0.3) is 0 Å². The van der Waals surface area contributed by atoms with E-state index >= 15 is 0 Å². The molecule has 0 saturated heterocycles. The average Bonchev–Trinajstić information content (AvgIpc) is 2.83. The van der Waals surface area contributed by atoms with E-state index in [9.17, 15) is 0 Å². The SMILES string of the molecule is CCP(c1ccccc1)(c1ccccc1)(c1ccccc1)C(Cl)c1ccccc1. The summed E-state index contributed by atoms with van der Waals surface area (Å²) >= 11 is 7.65. The molecule has 1 atom stereocenters. The van der Waals surface area contributed by atoms with Gasteiger partial charge in [0.15, 0.2) is 0 Å². The van der Waals surface area contributed by atoms with Crippen molar-refractivity contribution >= 4 is 34.1 Å².